The first-order valence-electron chi connectivity index (χ1n) is 14.5. The van der Waals surface area contributed by atoms with Crippen LogP contribution in [-0.2, 0) is 24.7 Å². The molecule has 1 saturated heterocycles. The van der Waals surface area contributed by atoms with Crippen LogP contribution in [0.2, 0.25) is 0 Å². The van der Waals surface area contributed by atoms with Crippen molar-refractivity contribution >= 4 is 34.8 Å². The second-order valence-corrected chi connectivity index (χ2v) is 13.3. The molecular formula is C33H45N3O6. The van der Waals surface area contributed by atoms with Crippen LogP contribution in [-0.4, -0.2) is 69.3 Å². The lowest BCUT2D eigenvalue weighted by atomic mass is 9.85. The van der Waals surface area contributed by atoms with Crippen LogP contribution < -0.4 is 15.4 Å². The molecule has 0 aromatic heterocycles. The maximum Gasteiger partial charge on any atom is 0.328 e. The number of fused-ring (bicyclic) bond motifs is 5. The van der Waals surface area contributed by atoms with E-state index in [9.17, 15) is 14.4 Å². The van der Waals surface area contributed by atoms with E-state index in [4.69, 9.17) is 14.2 Å². The predicted molar refractivity (Wildman–Crippen MR) is 163 cm³/mol. The van der Waals surface area contributed by atoms with Crippen LogP contribution in [0, 0.1) is 10.8 Å². The van der Waals surface area contributed by atoms with Gasteiger partial charge in [-0.25, -0.2) is 9.59 Å². The summed E-state index contributed by atoms with van der Waals surface area (Å²) in [6.07, 6.45) is 5.97. The average molecular weight is 580 g/mol. The van der Waals surface area contributed by atoms with Gasteiger partial charge in [0.1, 0.15) is 23.4 Å². The Morgan fingerprint density at radius 3 is 2.43 bits per heavy atom. The van der Waals surface area contributed by atoms with Crippen molar-refractivity contribution in [1.29, 1.82) is 0 Å². The zero-order valence-electron chi connectivity index (χ0n) is 26.1. The van der Waals surface area contributed by atoms with E-state index in [-0.39, 0.29) is 24.3 Å². The van der Waals surface area contributed by atoms with Crippen molar-refractivity contribution < 1.29 is 28.6 Å². The summed E-state index contributed by atoms with van der Waals surface area (Å²) in [5.74, 6) is -0.115. The highest BCUT2D eigenvalue weighted by atomic mass is 16.5. The molecule has 9 nitrogen and oxygen atoms in total. The first-order valence-corrected chi connectivity index (χ1v) is 14.5. The van der Waals surface area contributed by atoms with Gasteiger partial charge in [0.2, 0.25) is 5.91 Å². The van der Waals surface area contributed by atoms with Gasteiger partial charge in [0.15, 0.2) is 0 Å². The first kappa shape index (κ1) is 31.3. The molecule has 0 radical (unpaired) electrons. The highest BCUT2D eigenvalue weighted by Crippen LogP contribution is 2.42. The van der Waals surface area contributed by atoms with Crippen molar-refractivity contribution in [2.75, 3.05) is 34.4 Å². The van der Waals surface area contributed by atoms with Crippen molar-refractivity contribution in [3.8, 4) is 5.75 Å². The van der Waals surface area contributed by atoms with Crippen LogP contribution in [0.1, 0.15) is 65.0 Å². The fourth-order valence-corrected chi connectivity index (χ4v) is 5.93. The van der Waals surface area contributed by atoms with Gasteiger partial charge in [0.25, 0.3) is 0 Å². The molecule has 0 saturated carbocycles. The number of ether oxygens (including phenoxy) is 3. The first-order chi connectivity index (χ1) is 19.7. The third kappa shape index (κ3) is 6.41. The van der Waals surface area contributed by atoms with Crippen molar-refractivity contribution in [2.24, 2.45) is 10.8 Å². The lowest BCUT2D eigenvalue weighted by Gasteiger charge is -2.35. The van der Waals surface area contributed by atoms with Gasteiger partial charge in [-0.2, -0.15) is 0 Å². The van der Waals surface area contributed by atoms with Crippen LogP contribution >= 0.6 is 0 Å². The normalized spacial score (nSPS) is 25.8. The number of urea groups is 1. The van der Waals surface area contributed by atoms with Crippen molar-refractivity contribution in [3.05, 3.63) is 47.5 Å². The summed E-state index contributed by atoms with van der Waals surface area (Å²) in [7, 11) is 4.57. The van der Waals surface area contributed by atoms with Crippen molar-refractivity contribution in [3.63, 3.8) is 0 Å². The zero-order valence-corrected chi connectivity index (χ0v) is 26.1. The second-order valence-electron chi connectivity index (χ2n) is 13.3. The molecule has 2 aromatic carbocycles. The molecule has 2 N–H and O–H groups in total. The van der Waals surface area contributed by atoms with E-state index in [2.05, 4.69) is 48.8 Å². The van der Waals surface area contributed by atoms with Gasteiger partial charge in [-0.15, -0.1) is 0 Å². The van der Waals surface area contributed by atoms with E-state index in [0.29, 0.717) is 6.54 Å². The molecule has 228 valence electrons. The molecule has 4 rings (SSSR count). The predicted octanol–water partition coefficient (Wildman–Crippen LogP) is 5.01. The molecule has 2 aliphatic rings. The van der Waals surface area contributed by atoms with Gasteiger partial charge < -0.3 is 29.7 Å². The smallest absolute Gasteiger partial charge is 0.328 e. The minimum Gasteiger partial charge on any atom is -0.496 e. The minimum absolute atomic E-state index is 0.0768. The Morgan fingerprint density at radius 2 is 1.79 bits per heavy atom. The van der Waals surface area contributed by atoms with Crippen LogP contribution in [0.15, 0.2) is 36.4 Å². The Balaban J connectivity index is 1.87. The lowest BCUT2D eigenvalue weighted by Crippen LogP contribution is -2.58. The van der Waals surface area contributed by atoms with Crippen LogP contribution in [0.3, 0.4) is 0 Å². The number of nitrogens with zero attached hydrogens (tertiary/aromatic N) is 1. The molecule has 9 heteroatoms. The summed E-state index contributed by atoms with van der Waals surface area (Å²) in [5.41, 5.74) is 0.125. The fourth-order valence-electron chi connectivity index (χ4n) is 5.93. The molecule has 42 heavy (non-hydrogen) atoms. The molecule has 2 aliphatic heterocycles. The van der Waals surface area contributed by atoms with Gasteiger partial charge in [0, 0.05) is 25.6 Å². The number of carbonyl (C=O) groups is 3. The van der Waals surface area contributed by atoms with Crippen LogP contribution in [0.5, 0.6) is 5.75 Å². The lowest BCUT2D eigenvalue weighted by molar-refractivity contribution is -0.152. The summed E-state index contributed by atoms with van der Waals surface area (Å²) in [5, 5.41) is 7.82. The second kappa shape index (κ2) is 12.0. The number of rotatable bonds is 3. The fraction of sp³-hybridized carbons (Fsp3) is 0.545. The number of esters is 1. The Labute approximate surface area is 248 Å². The summed E-state index contributed by atoms with van der Waals surface area (Å²) in [6.45, 7) is 10.6. The van der Waals surface area contributed by atoms with Crippen molar-refractivity contribution in [2.45, 2.75) is 71.6 Å². The van der Waals surface area contributed by atoms with Crippen molar-refractivity contribution in [1.82, 2.24) is 15.5 Å². The molecule has 0 spiro atoms. The van der Waals surface area contributed by atoms with E-state index >= 15 is 0 Å². The number of methoxy groups -OCH3 is 3. The van der Waals surface area contributed by atoms with Crippen LogP contribution in [0.25, 0.3) is 16.8 Å². The highest BCUT2D eigenvalue weighted by molar-refractivity contribution is 5.92. The molecule has 3 atom stereocenters. The number of carbonyl (C=O) groups excluding carboxylic acids is 3. The van der Waals surface area contributed by atoms with Gasteiger partial charge in [0.05, 0.1) is 20.8 Å². The number of amides is 3. The van der Waals surface area contributed by atoms with Gasteiger partial charge in [-0.1, -0.05) is 58.9 Å². The Hall–Kier alpha value is -3.59. The summed E-state index contributed by atoms with van der Waals surface area (Å²) in [6, 6.07) is 7.95. The van der Waals surface area contributed by atoms with E-state index in [0.717, 1.165) is 40.5 Å². The highest BCUT2D eigenvalue weighted by Gasteiger charge is 2.53. The molecular weight excluding hydrogens is 534 g/mol. The minimum atomic E-state index is -0.962. The quantitative estimate of drug-likeness (QED) is 0.495. The molecule has 0 unspecified atom stereocenters. The van der Waals surface area contributed by atoms with E-state index < -0.39 is 35.1 Å². The molecule has 3 amide bonds. The number of hydrogen-bond acceptors (Lipinski definition) is 6. The third-order valence-corrected chi connectivity index (χ3v) is 8.63. The number of hydrogen-bond donors (Lipinski definition) is 2. The topological polar surface area (TPSA) is 106 Å². The largest absolute Gasteiger partial charge is 0.496 e. The monoisotopic (exact) mass is 579 g/mol. The molecule has 2 aromatic rings. The SMILES string of the molecule is COC(=O)[C@@H]1C[C@]2(OC)CN1C(=O)[C@H](C(C)(C)C)NC(=O)NCCC(C)(C)C/C=C/c1cc3cc2ccc3cc1OC. The summed E-state index contributed by atoms with van der Waals surface area (Å²) < 4.78 is 17.0. The van der Waals surface area contributed by atoms with Crippen LogP contribution in [0.4, 0.5) is 4.79 Å². The van der Waals surface area contributed by atoms with E-state index in [1.165, 1.54) is 12.0 Å². The van der Waals surface area contributed by atoms with Gasteiger partial charge in [-0.3, -0.25) is 4.79 Å². The maximum atomic E-state index is 14.2. The summed E-state index contributed by atoms with van der Waals surface area (Å²) >= 11 is 0. The Kier molecular flexibility index (Phi) is 8.92. The van der Waals surface area contributed by atoms with Gasteiger partial charge in [-0.05, 0) is 58.2 Å². The molecule has 1 fully saturated rings. The standard InChI is InChI=1S/C33H45N3O6/c1-31(2,3)27-28(37)36-20-33(42-8,19-25(36)29(38)41-7)24-12-11-21-18-26(40-6)22(16-23(21)17-24)10-9-13-32(4,5)14-15-34-30(39)35-27/h9-12,16-18,25,27H,13-15,19-20H2,1-8H3,(H2,34,35,39)/b10-9+/t25-,27+,33-/m0/s1. The van der Waals surface area contributed by atoms with Gasteiger partial charge >= 0.3 is 12.0 Å². The van der Waals surface area contributed by atoms with E-state index in [1.54, 1.807) is 14.2 Å². The number of allylic oxidation sites excluding steroid dienone is 1. The molecule has 2 heterocycles. The Bertz CT molecular complexity index is 1380. The molecule has 5 bridgehead atoms. The Morgan fingerprint density at radius 1 is 1.05 bits per heavy atom. The third-order valence-electron chi connectivity index (χ3n) is 8.63. The molecule has 0 aliphatic carbocycles. The number of benzene rings is 2. The maximum absolute atomic E-state index is 14.2. The number of nitrogens with one attached hydrogen (secondary N) is 2. The average Bonchev–Trinajstić information content (AvgIpc) is 3.34. The summed E-state index contributed by atoms with van der Waals surface area (Å²) in [4.78, 5) is 41.8. The van der Waals surface area contributed by atoms with E-state index in [1.807, 2.05) is 39.0 Å². The zero-order chi connectivity index (χ0) is 30.9.